The minimum Gasteiger partial charge on any atom is -0.456 e. The van der Waals surface area contributed by atoms with E-state index in [0.29, 0.717) is 0 Å². The molecule has 3 nitrogen and oxygen atoms in total. The lowest BCUT2D eigenvalue weighted by Crippen LogP contribution is -2.29. The van der Waals surface area contributed by atoms with Gasteiger partial charge in [0.05, 0.1) is 6.07 Å². The van der Waals surface area contributed by atoms with Crippen molar-refractivity contribution in [3.63, 3.8) is 0 Å². The zero-order chi connectivity index (χ0) is 17.1. The van der Waals surface area contributed by atoms with Gasteiger partial charge in [0, 0.05) is 41.9 Å². The van der Waals surface area contributed by atoms with Crippen LogP contribution >= 0.6 is 0 Å². The maximum Gasteiger partial charge on any atom is 0.203 e. The van der Waals surface area contributed by atoms with Crippen LogP contribution in [0.4, 0.5) is 5.69 Å². The summed E-state index contributed by atoms with van der Waals surface area (Å²) in [5, 5.41) is 2.37. The Morgan fingerprint density at radius 2 is 1.60 bits per heavy atom. The highest BCUT2D eigenvalue weighted by molar-refractivity contribution is 5.85. The van der Waals surface area contributed by atoms with Gasteiger partial charge in [-0.15, -0.1) is 0 Å². The first-order valence-corrected chi connectivity index (χ1v) is 9.00. The van der Waals surface area contributed by atoms with Crippen molar-refractivity contribution in [1.29, 1.82) is 0 Å². The SMILES string of the molecule is C.CCN(CC)c1ccc2cc3ccc(=[N+](CC)CC)cc-3oc2c1. The summed E-state index contributed by atoms with van der Waals surface area (Å²) in [7, 11) is 0. The third-order valence-corrected chi connectivity index (χ3v) is 4.78. The lowest BCUT2D eigenvalue weighted by molar-refractivity contribution is 0.604. The number of fused-ring (bicyclic) bond motifs is 2. The van der Waals surface area contributed by atoms with Crippen LogP contribution in [0.3, 0.4) is 0 Å². The zero-order valence-electron chi connectivity index (χ0n) is 15.2. The second-order valence-corrected chi connectivity index (χ2v) is 6.04. The number of hydrogen-bond donors (Lipinski definition) is 0. The fourth-order valence-corrected chi connectivity index (χ4v) is 3.32. The molecule has 134 valence electrons. The van der Waals surface area contributed by atoms with Gasteiger partial charge in [-0.2, -0.15) is 0 Å². The Kier molecular flexibility index (Phi) is 6.24. The number of anilines is 1. The average molecular weight is 340 g/mol. The second-order valence-electron chi connectivity index (χ2n) is 6.04. The molecule has 1 aliphatic heterocycles. The summed E-state index contributed by atoms with van der Waals surface area (Å²) in [6.45, 7) is 12.7. The molecule has 1 heterocycles. The Bertz CT molecular complexity index is 869. The van der Waals surface area contributed by atoms with Gasteiger partial charge in [0.15, 0.2) is 0 Å². The third-order valence-electron chi connectivity index (χ3n) is 4.78. The van der Waals surface area contributed by atoms with Crippen molar-refractivity contribution in [3.05, 3.63) is 47.8 Å². The van der Waals surface area contributed by atoms with Crippen molar-refractivity contribution in [2.24, 2.45) is 0 Å². The smallest absolute Gasteiger partial charge is 0.203 e. The van der Waals surface area contributed by atoms with Crippen LogP contribution in [0.2, 0.25) is 0 Å². The zero-order valence-corrected chi connectivity index (χ0v) is 15.2. The molecular weight excluding hydrogens is 308 g/mol. The first kappa shape index (κ1) is 19.0. The minimum atomic E-state index is 0. The van der Waals surface area contributed by atoms with E-state index in [2.05, 4.69) is 79.6 Å². The fourth-order valence-electron chi connectivity index (χ4n) is 3.32. The van der Waals surface area contributed by atoms with E-state index in [-0.39, 0.29) is 7.43 Å². The first-order chi connectivity index (χ1) is 11.7. The number of rotatable bonds is 5. The van der Waals surface area contributed by atoms with Crippen LogP contribution in [-0.4, -0.2) is 26.2 Å². The standard InChI is InChI=1S/C21H27N2O.CH4/c1-5-22(6-2)18-11-9-16-13-17-10-12-19(23(7-3)8-4)15-21(17)24-20(16)14-18;/h9-15H,5-8H2,1-4H3;1H4/q+1;. The molecule has 1 aromatic rings. The summed E-state index contributed by atoms with van der Waals surface area (Å²) in [5.74, 6) is 0.948. The van der Waals surface area contributed by atoms with Crippen molar-refractivity contribution in [2.75, 3.05) is 31.1 Å². The number of benzene rings is 2. The summed E-state index contributed by atoms with van der Waals surface area (Å²) in [6.07, 6.45) is 0. The third kappa shape index (κ3) is 3.71. The van der Waals surface area contributed by atoms with E-state index >= 15 is 0 Å². The molecule has 0 aromatic heterocycles. The molecule has 0 fully saturated rings. The van der Waals surface area contributed by atoms with Crippen molar-refractivity contribution in [2.45, 2.75) is 35.1 Å². The maximum absolute atomic E-state index is 6.25. The van der Waals surface area contributed by atoms with Crippen molar-refractivity contribution < 1.29 is 4.42 Å². The van der Waals surface area contributed by atoms with Crippen LogP contribution in [0.25, 0.3) is 22.3 Å². The fraction of sp³-hybridized carbons (Fsp3) is 0.409. The van der Waals surface area contributed by atoms with E-state index in [1.165, 1.54) is 11.0 Å². The van der Waals surface area contributed by atoms with Gasteiger partial charge in [-0.1, -0.05) is 7.43 Å². The Morgan fingerprint density at radius 1 is 0.880 bits per heavy atom. The van der Waals surface area contributed by atoms with Gasteiger partial charge in [-0.05, 0) is 52.0 Å². The van der Waals surface area contributed by atoms with Crippen molar-refractivity contribution in [3.8, 4) is 11.3 Å². The molecule has 0 radical (unpaired) electrons. The van der Waals surface area contributed by atoms with E-state index < -0.39 is 0 Å². The monoisotopic (exact) mass is 339 g/mol. The molecule has 25 heavy (non-hydrogen) atoms. The van der Waals surface area contributed by atoms with Crippen molar-refractivity contribution >= 4 is 16.7 Å². The summed E-state index contributed by atoms with van der Waals surface area (Å²) in [5.41, 5.74) is 3.31. The lowest BCUT2D eigenvalue weighted by atomic mass is 10.1. The molecule has 1 aliphatic carbocycles. The Hall–Kier alpha value is -2.29. The Morgan fingerprint density at radius 3 is 2.24 bits per heavy atom. The largest absolute Gasteiger partial charge is 0.456 e. The van der Waals surface area contributed by atoms with E-state index in [9.17, 15) is 0 Å². The summed E-state index contributed by atoms with van der Waals surface area (Å²) in [4.78, 5) is 2.34. The van der Waals surface area contributed by atoms with Gasteiger partial charge in [-0.3, -0.25) is 0 Å². The minimum absolute atomic E-state index is 0. The van der Waals surface area contributed by atoms with E-state index in [0.717, 1.165) is 48.5 Å². The predicted molar refractivity (Wildman–Crippen MR) is 109 cm³/mol. The molecular formula is C22H31N2O+. The first-order valence-electron chi connectivity index (χ1n) is 9.00. The quantitative estimate of drug-likeness (QED) is 0.490. The molecule has 3 heteroatoms. The van der Waals surface area contributed by atoms with Crippen LogP contribution in [0, 0.1) is 0 Å². The number of hydrogen-bond acceptors (Lipinski definition) is 2. The molecule has 2 aliphatic rings. The van der Waals surface area contributed by atoms with Gasteiger partial charge in [-0.25, -0.2) is 4.58 Å². The maximum atomic E-state index is 6.25. The van der Waals surface area contributed by atoms with Gasteiger partial charge < -0.3 is 9.32 Å². The van der Waals surface area contributed by atoms with E-state index in [1.54, 1.807) is 0 Å². The molecule has 0 saturated heterocycles. The highest BCUT2D eigenvalue weighted by Gasteiger charge is 2.11. The lowest BCUT2D eigenvalue weighted by Gasteiger charge is -2.21. The Labute approximate surface area is 151 Å². The molecule has 0 unspecified atom stereocenters. The van der Waals surface area contributed by atoms with E-state index in [4.69, 9.17) is 4.42 Å². The van der Waals surface area contributed by atoms with E-state index in [1.807, 2.05) is 0 Å². The Balaban J connectivity index is 0.00000225. The van der Waals surface area contributed by atoms with Crippen LogP contribution < -0.4 is 14.8 Å². The molecule has 0 saturated carbocycles. The molecule has 0 bridgehead atoms. The molecule has 0 N–H and O–H groups in total. The van der Waals surface area contributed by atoms with Crippen molar-refractivity contribution in [1.82, 2.24) is 4.58 Å². The molecule has 3 rings (SSSR count). The second kappa shape index (κ2) is 8.19. The molecule has 0 amide bonds. The normalized spacial score (nSPS) is 10.7. The summed E-state index contributed by atoms with van der Waals surface area (Å²) >= 11 is 0. The van der Waals surface area contributed by atoms with Crippen LogP contribution in [0.1, 0.15) is 35.1 Å². The van der Waals surface area contributed by atoms with Gasteiger partial charge in [0.1, 0.15) is 24.4 Å². The number of nitrogens with zero attached hydrogens (tertiary/aromatic N) is 2. The summed E-state index contributed by atoms with van der Waals surface area (Å²) < 4.78 is 8.59. The molecule has 0 atom stereocenters. The summed E-state index contributed by atoms with van der Waals surface area (Å²) in [6, 6.07) is 15.2. The predicted octanol–water partition coefficient (Wildman–Crippen LogP) is 4.83. The van der Waals surface area contributed by atoms with Crippen LogP contribution in [-0.2, 0) is 0 Å². The highest BCUT2D eigenvalue weighted by atomic mass is 16.3. The van der Waals surface area contributed by atoms with Gasteiger partial charge >= 0.3 is 0 Å². The highest BCUT2D eigenvalue weighted by Crippen LogP contribution is 2.29. The van der Waals surface area contributed by atoms with Gasteiger partial charge in [0.25, 0.3) is 0 Å². The molecule has 1 aromatic carbocycles. The molecule has 0 spiro atoms. The van der Waals surface area contributed by atoms with Gasteiger partial charge in [0.2, 0.25) is 5.36 Å². The van der Waals surface area contributed by atoms with Crippen LogP contribution in [0.15, 0.2) is 46.9 Å². The topological polar surface area (TPSA) is 19.4 Å². The average Bonchev–Trinajstić information content (AvgIpc) is 2.62. The van der Waals surface area contributed by atoms with Crippen LogP contribution in [0.5, 0.6) is 0 Å².